The summed E-state index contributed by atoms with van der Waals surface area (Å²) in [5.74, 6) is 1.65. The molecule has 2 N–H and O–H groups in total. The van der Waals surface area contributed by atoms with Crippen LogP contribution in [-0.2, 0) is 0 Å². The molecule has 0 heterocycles. The second-order valence-corrected chi connectivity index (χ2v) is 8.02. The zero-order chi connectivity index (χ0) is 14.0. The topological polar surface area (TPSA) is 29.3 Å². The van der Waals surface area contributed by atoms with Crippen LogP contribution in [0.15, 0.2) is 0 Å². The van der Waals surface area contributed by atoms with Crippen molar-refractivity contribution < 1.29 is 0 Å². The Hall–Kier alpha value is -0.0800. The van der Waals surface area contributed by atoms with Crippen molar-refractivity contribution in [2.45, 2.75) is 77.8 Å². The predicted octanol–water partition coefficient (Wildman–Crippen LogP) is 3.65. The van der Waals surface area contributed by atoms with E-state index >= 15 is 0 Å². The summed E-state index contributed by atoms with van der Waals surface area (Å²) in [7, 11) is 2.33. The Morgan fingerprint density at radius 1 is 1.11 bits per heavy atom. The molecule has 2 saturated carbocycles. The molecule has 0 amide bonds. The molecule has 0 spiro atoms. The van der Waals surface area contributed by atoms with Crippen LogP contribution < -0.4 is 5.73 Å². The first kappa shape index (κ1) is 15.3. The van der Waals surface area contributed by atoms with Gasteiger partial charge in [0.05, 0.1) is 0 Å². The van der Waals surface area contributed by atoms with Crippen LogP contribution in [0, 0.1) is 17.3 Å². The molecule has 0 aromatic heterocycles. The molecule has 2 atom stereocenters. The smallest absolute Gasteiger partial charge is 0.0131 e. The van der Waals surface area contributed by atoms with Crippen LogP contribution in [0.4, 0.5) is 0 Å². The van der Waals surface area contributed by atoms with E-state index in [2.05, 4.69) is 32.7 Å². The van der Waals surface area contributed by atoms with E-state index in [4.69, 9.17) is 5.73 Å². The highest BCUT2D eigenvalue weighted by Crippen LogP contribution is 2.38. The van der Waals surface area contributed by atoms with Crippen LogP contribution in [0.3, 0.4) is 0 Å². The van der Waals surface area contributed by atoms with Gasteiger partial charge in [0.25, 0.3) is 0 Å². The Balaban J connectivity index is 1.86. The number of rotatable bonds is 3. The first-order valence-electron chi connectivity index (χ1n) is 8.36. The summed E-state index contributed by atoms with van der Waals surface area (Å²) in [6.45, 7) is 8.32. The maximum atomic E-state index is 6.53. The Morgan fingerprint density at radius 3 is 2.37 bits per heavy atom. The van der Waals surface area contributed by atoms with E-state index in [1.807, 2.05) is 0 Å². The molecule has 2 nitrogen and oxygen atoms in total. The molecular weight excluding hydrogens is 232 g/mol. The fourth-order valence-electron chi connectivity index (χ4n) is 4.21. The summed E-state index contributed by atoms with van der Waals surface area (Å²) < 4.78 is 0. The van der Waals surface area contributed by atoms with E-state index in [-0.39, 0.29) is 0 Å². The molecule has 2 unspecified atom stereocenters. The molecule has 0 aromatic rings. The van der Waals surface area contributed by atoms with Crippen LogP contribution in [0.2, 0.25) is 0 Å². The van der Waals surface area contributed by atoms with Gasteiger partial charge in [-0.1, -0.05) is 27.2 Å². The average molecular weight is 266 g/mol. The van der Waals surface area contributed by atoms with Crippen molar-refractivity contribution in [3.63, 3.8) is 0 Å². The third-order valence-corrected chi connectivity index (χ3v) is 5.94. The third-order valence-electron chi connectivity index (χ3n) is 5.94. The van der Waals surface area contributed by atoms with Gasteiger partial charge in [-0.05, 0) is 62.8 Å². The summed E-state index contributed by atoms with van der Waals surface area (Å²) in [6, 6.07) is 1.19. The maximum Gasteiger partial charge on any atom is 0.0131 e. The number of nitrogens with zero attached hydrogens (tertiary/aromatic N) is 1. The zero-order valence-corrected chi connectivity index (χ0v) is 13.5. The summed E-state index contributed by atoms with van der Waals surface area (Å²) in [5.41, 5.74) is 6.87. The lowest BCUT2D eigenvalue weighted by atomic mass is 9.68. The van der Waals surface area contributed by atoms with Crippen molar-refractivity contribution in [2.24, 2.45) is 23.0 Å². The highest BCUT2D eigenvalue weighted by molar-refractivity contribution is 4.92. The minimum Gasteiger partial charge on any atom is -0.327 e. The molecule has 0 radical (unpaired) electrons. The Labute approximate surface area is 120 Å². The molecule has 0 saturated heterocycles. The van der Waals surface area contributed by atoms with Gasteiger partial charge in [0, 0.05) is 18.6 Å². The monoisotopic (exact) mass is 266 g/mol. The molecule has 2 aliphatic rings. The van der Waals surface area contributed by atoms with Crippen molar-refractivity contribution in [1.82, 2.24) is 4.90 Å². The number of hydrogen-bond donors (Lipinski definition) is 1. The zero-order valence-electron chi connectivity index (χ0n) is 13.5. The minimum absolute atomic E-state index is 0.338. The van der Waals surface area contributed by atoms with Crippen molar-refractivity contribution in [3.05, 3.63) is 0 Å². The first-order valence-corrected chi connectivity index (χ1v) is 8.36. The molecule has 0 aromatic carbocycles. The van der Waals surface area contributed by atoms with E-state index in [0.717, 1.165) is 12.0 Å². The Morgan fingerprint density at radius 2 is 1.74 bits per heavy atom. The van der Waals surface area contributed by atoms with E-state index < -0.39 is 0 Å². The highest BCUT2D eigenvalue weighted by atomic mass is 15.1. The van der Waals surface area contributed by atoms with Crippen LogP contribution in [0.5, 0.6) is 0 Å². The summed E-state index contributed by atoms with van der Waals surface area (Å²) >= 11 is 0. The summed E-state index contributed by atoms with van der Waals surface area (Å²) in [5, 5.41) is 0. The van der Waals surface area contributed by atoms with Crippen LogP contribution in [0.1, 0.15) is 65.7 Å². The van der Waals surface area contributed by atoms with Crippen LogP contribution in [0.25, 0.3) is 0 Å². The van der Waals surface area contributed by atoms with Crippen molar-refractivity contribution in [3.8, 4) is 0 Å². The van der Waals surface area contributed by atoms with Gasteiger partial charge in [0.2, 0.25) is 0 Å². The quantitative estimate of drug-likeness (QED) is 0.845. The molecule has 19 heavy (non-hydrogen) atoms. The maximum absolute atomic E-state index is 6.53. The lowest BCUT2D eigenvalue weighted by Crippen LogP contribution is -2.51. The third kappa shape index (κ3) is 3.72. The fraction of sp³-hybridized carbons (Fsp3) is 1.00. The molecule has 0 aliphatic heterocycles. The molecule has 112 valence electrons. The predicted molar refractivity (Wildman–Crippen MR) is 83.1 cm³/mol. The van der Waals surface area contributed by atoms with E-state index in [0.29, 0.717) is 17.4 Å². The first-order chi connectivity index (χ1) is 8.90. The van der Waals surface area contributed by atoms with Crippen LogP contribution >= 0.6 is 0 Å². The van der Waals surface area contributed by atoms with Crippen molar-refractivity contribution in [2.75, 3.05) is 13.6 Å². The van der Waals surface area contributed by atoms with E-state index in [1.165, 1.54) is 51.5 Å². The van der Waals surface area contributed by atoms with Crippen LogP contribution in [-0.4, -0.2) is 30.6 Å². The van der Waals surface area contributed by atoms with Gasteiger partial charge >= 0.3 is 0 Å². The van der Waals surface area contributed by atoms with Gasteiger partial charge in [0.1, 0.15) is 0 Å². The second kappa shape index (κ2) is 6.13. The molecule has 2 aliphatic carbocycles. The Bertz CT molecular complexity index is 279. The van der Waals surface area contributed by atoms with E-state index in [1.54, 1.807) is 0 Å². The summed E-state index contributed by atoms with van der Waals surface area (Å²) in [6.07, 6.45) is 9.61. The lowest BCUT2D eigenvalue weighted by Gasteiger charge is -2.44. The van der Waals surface area contributed by atoms with Gasteiger partial charge in [-0.2, -0.15) is 0 Å². The normalized spacial score (nSPS) is 39.5. The van der Waals surface area contributed by atoms with Gasteiger partial charge in [-0.3, -0.25) is 0 Å². The van der Waals surface area contributed by atoms with Gasteiger partial charge in [0.15, 0.2) is 0 Å². The number of hydrogen-bond acceptors (Lipinski definition) is 2. The van der Waals surface area contributed by atoms with Gasteiger partial charge in [-0.15, -0.1) is 0 Å². The summed E-state index contributed by atoms with van der Waals surface area (Å²) in [4.78, 5) is 2.62. The van der Waals surface area contributed by atoms with Gasteiger partial charge < -0.3 is 10.6 Å². The van der Waals surface area contributed by atoms with Crippen molar-refractivity contribution in [1.29, 1.82) is 0 Å². The lowest BCUT2D eigenvalue weighted by molar-refractivity contribution is 0.0828. The van der Waals surface area contributed by atoms with Gasteiger partial charge in [-0.25, -0.2) is 0 Å². The molecule has 2 heteroatoms. The molecule has 0 bridgehead atoms. The number of nitrogens with two attached hydrogens (primary N) is 1. The second-order valence-electron chi connectivity index (χ2n) is 8.02. The molecular formula is C17H34N2. The van der Waals surface area contributed by atoms with Crippen molar-refractivity contribution >= 4 is 0 Å². The average Bonchev–Trinajstić information content (AvgIpc) is 2.35. The molecule has 2 rings (SSSR count). The fourth-order valence-corrected chi connectivity index (χ4v) is 4.21. The largest absolute Gasteiger partial charge is 0.327 e. The standard InChI is InChI=1S/C17H34N2/c1-13-7-9-15(10-8-13)19(4)12-14-6-5-11-17(2,3)16(14)18/h13-16H,5-12,18H2,1-4H3. The minimum atomic E-state index is 0.338. The Kier molecular flexibility index (Phi) is 4.94. The highest BCUT2D eigenvalue weighted by Gasteiger charge is 2.37. The van der Waals surface area contributed by atoms with E-state index in [9.17, 15) is 0 Å². The SMILES string of the molecule is CC1CCC(N(C)CC2CCCC(C)(C)C2N)CC1. The molecule has 2 fully saturated rings.